The first-order valence-electron chi connectivity index (χ1n) is 19.7. The van der Waals surface area contributed by atoms with Crippen LogP contribution in [-0.4, -0.2) is 32.0 Å². The van der Waals surface area contributed by atoms with Crippen molar-refractivity contribution in [2.75, 3.05) is 13.7 Å². The summed E-state index contributed by atoms with van der Waals surface area (Å²) in [5, 5.41) is 1.15. The van der Waals surface area contributed by atoms with Crippen LogP contribution in [0.3, 0.4) is 0 Å². The van der Waals surface area contributed by atoms with Crippen LogP contribution in [0.4, 0.5) is 4.39 Å². The highest BCUT2D eigenvalue weighted by Gasteiger charge is 2.44. The van der Waals surface area contributed by atoms with Crippen molar-refractivity contribution in [3.63, 3.8) is 0 Å². The number of hydrogen-bond donors (Lipinski definition) is 0. The maximum absolute atomic E-state index is 17.3. The Morgan fingerprint density at radius 2 is 1.21 bits per heavy atom. The zero-order valence-electron chi connectivity index (χ0n) is 32.5. The van der Waals surface area contributed by atoms with E-state index in [2.05, 4.69) is 18.2 Å². The van der Waals surface area contributed by atoms with Gasteiger partial charge >= 0.3 is 0 Å². The van der Waals surface area contributed by atoms with Crippen molar-refractivity contribution in [1.82, 2.24) is 0 Å². The van der Waals surface area contributed by atoms with Crippen LogP contribution < -0.4 is 9.47 Å². The van der Waals surface area contributed by atoms with Crippen molar-refractivity contribution in [2.24, 2.45) is 0 Å². The van der Waals surface area contributed by atoms with Gasteiger partial charge in [0.05, 0.1) is 45.7 Å². The number of thiophene rings is 1. The van der Waals surface area contributed by atoms with Crippen LogP contribution in [0.15, 0.2) is 158 Å². The maximum atomic E-state index is 17.3. The van der Waals surface area contributed by atoms with E-state index in [-0.39, 0.29) is 18.1 Å². The van der Waals surface area contributed by atoms with Gasteiger partial charge in [-0.3, -0.25) is 0 Å². The largest absolute Gasteiger partial charge is 0.493 e. The molecule has 4 atom stereocenters. The van der Waals surface area contributed by atoms with E-state index in [0.29, 0.717) is 50.4 Å². The molecule has 0 N–H and O–H groups in total. The lowest BCUT2D eigenvalue weighted by atomic mass is 9.90. The number of ether oxygens (including phenoxy) is 6. The minimum Gasteiger partial charge on any atom is -0.493 e. The van der Waals surface area contributed by atoms with Gasteiger partial charge in [0.15, 0.2) is 11.5 Å². The summed E-state index contributed by atoms with van der Waals surface area (Å²) < 4.78 is 57.8. The van der Waals surface area contributed by atoms with E-state index in [1.807, 2.05) is 140 Å². The fourth-order valence-electron chi connectivity index (χ4n) is 7.51. The molecule has 8 rings (SSSR count). The lowest BCUT2D eigenvalue weighted by molar-refractivity contribution is -0.219. The van der Waals surface area contributed by atoms with Crippen LogP contribution in [0.5, 0.6) is 11.5 Å². The quantitative estimate of drug-likeness (QED) is 0.0915. The van der Waals surface area contributed by atoms with Crippen molar-refractivity contribution in [2.45, 2.75) is 63.7 Å². The van der Waals surface area contributed by atoms with Gasteiger partial charge in [-0.15, -0.1) is 11.3 Å². The molecule has 6 nitrogen and oxygen atoms in total. The van der Waals surface area contributed by atoms with Gasteiger partial charge in [0.25, 0.3) is 0 Å². The summed E-state index contributed by atoms with van der Waals surface area (Å²) in [5.74, 6) is -0.380. The minimum atomic E-state index is -0.795. The van der Waals surface area contributed by atoms with E-state index >= 15 is 4.39 Å². The first kappa shape index (κ1) is 39.5. The summed E-state index contributed by atoms with van der Waals surface area (Å²) >= 11 is 1.69. The highest BCUT2D eigenvalue weighted by molar-refractivity contribution is 7.19. The first-order valence-corrected chi connectivity index (χ1v) is 20.5. The van der Waals surface area contributed by atoms with Gasteiger partial charge in [-0.1, -0.05) is 140 Å². The lowest BCUT2D eigenvalue weighted by Crippen LogP contribution is -2.47. The van der Waals surface area contributed by atoms with Gasteiger partial charge in [0, 0.05) is 33.5 Å². The third-order valence-electron chi connectivity index (χ3n) is 10.4. The molecule has 0 bridgehead atoms. The number of rotatable bonds is 17. The third kappa shape index (κ3) is 9.84. The summed E-state index contributed by atoms with van der Waals surface area (Å²) in [6, 6.07) is 52.3. The van der Waals surface area contributed by atoms with Crippen molar-refractivity contribution < 1.29 is 32.8 Å². The average molecular weight is 795 g/mol. The molecule has 1 aliphatic rings. The topological polar surface area (TPSA) is 55.4 Å². The van der Waals surface area contributed by atoms with Crippen molar-refractivity contribution in [3.8, 4) is 11.5 Å². The van der Waals surface area contributed by atoms with Gasteiger partial charge in [0.2, 0.25) is 5.82 Å². The summed E-state index contributed by atoms with van der Waals surface area (Å²) in [6.07, 6.45) is -1.32. The van der Waals surface area contributed by atoms with Crippen LogP contribution in [0.1, 0.15) is 50.8 Å². The predicted octanol–water partition coefficient (Wildman–Crippen LogP) is 11.4. The number of methoxy groups -OCH3 is 1. The average Bonchev–Trinajstić information content (AvgIpc) is 3.68. The Kier molecular flexibility index (Phi) is 13.2. The van der Waals surface area contributed by atoms with Crippen molar-refractivity contribution in [1.29, 1.82) is 0 Å². The van der Waals surface area contributed by atoms with E-state index in [1.54, 1.807) is 11.3 Å². The lowest BCUT2D eigenvalue weighted by Gasteiger charge is -2.42. The Hall–Kier alpha value is -5.35. The smallest absolute Gasteiger partial charge is 0.207 e. The number of fused-ring (bicyclic) bond motifs is 1. The van der Waals surface area contributed by atoms with E-state index in [1.165, 1.54) is 11.8 Å². The molecule has 0 aliphatic carbocycles. The molecule has 0 radical (unpaired) electrons. The molecule has 1 aliphatic heterocycles. The van der Waals surface area contributed by atoms with Crippen LogP contribution in [0, 0.1) is 5.82 Å². The van der Waals surface area contributed by atoms with Gasteiger partial charge in [-0.2, -0.15) is 4.39 Å². The van der Waals surface area contributed by atoms with Crippen molar-refractivity contribution >= 4 is 21.4 Å². The fourth-order valence-corrected chi connectivity index (χ4v) is 8.60. The third-order valence-corrected chi connectivity index (χ3v) is 11.5. The molecule has 58 heavy (non-hydrogen) atoms. The molecular formula is C50H47FO6S. The van der Waals surface area contributed by atoms with Crippen LogP contribution in [0.2, 0.25) is 0 Å². The Morgan fingerprint density at radius 1 is 0.638 bits per heavy atom. The SMILES string of the molecule is COc1c(Cc2cc3ccccc3s2)cc([C@@H]2O[C@H](COCc3ccccc3)C[C@H](OCc3ccccc3)[C@H]2OCc2ccccc2)c(OCc2ccccc2)c1F. The standard InChI is InChI=1S/C50H47FO6S/c1-52-47-40(27-42-26-39-24-14-15-25-45(39)58-42)28-43(48(46(47)51)55-32-37-20-10-4-11-21-37)49-50(56-33-38-22-12-5-13-23-38)44(54-31-36-18-8-3-9-19-36)29-41(57-49)34-53-30-35-16-6-2-7-17-35/h2-26,28,41,44,49-50H,27,29-34H2,1H3/t41-,44-,49-,50+/m0/s1. The normalized spacial score (nSPS) is 18.0. The number of halogens is 1. The fraction of sp³-hybridized carbons (Fsp3) is 0.240. The number of hydrogen-bond acceptors (Lipinski definition) is 7. The zero-order valence-corrected chi connectivity index (χ0v) is 33.3. The predicted molar refractivity (Wildman–Crippen MR) is 227 cm³/mol. The van der Waals surface area contributed by atoms with E-state index in [4.69, 9.17) is 28.4 Å². The molecule has 1 saturated heterocycles. The molecule has 0 saturated carbocycles. The molecule has 1 aromatic heterocycles. The summed E-state index contributed by atoms with van der Waals surface area (Å²) in [6.45, 7) is 1.54. The number of benzene rings is 6. The van der Waals surface area contributed by atoms with Crippen LogP contribution >= 0.6 is 11.3 Å². The Labute approximate surface area is 343 Å². The molecule has 0 amide bonds. The summed E-state index contributed by atoms with van der Waals surface area (Å²) in [4.78, 5) is 1.08. The Balaban J connectivity index is 1.21. The van der Waals surface area contributed by atoms with E-state index in [9.17, 15) is 0 Å². The Bertz CT molecular complexity index is 2300. The molecule has 296 valence electrons. The second-order valence-electron chi connectivity index (χ2n) is 14.5. The van der Waals surface area contributed by atoms with Crippen LogP contribution in [-0.2, 0) is 51.8 Å². The Morgan fingerprint density at radius 3 is 1.83 bits per heavy atom. The summed E-state index contributed by atoms with van der Waals surface area (Å²) in [7, 11) is 1.50. The molecule has 8 heteroatoms. The zero-order chi connectivity index (χ0) is 39.5. The molecule has 0 spiro atoms. The minimum absolute atomic E-state index is 0.0618. The molecule has 6 aromatic carbocycles. The second kappa shape index (κ2) is 19.4. The van der Waals surface area contributed by atoms with Crippen LogP contribution in [0.25, 0.3) is 10.1 Å². The van der Waals surface area contributed by atoms with Gasteiger partial charge in [-0.25, -0.2) is 0 Å². The maximum Gasteiger partial charge on any atom is 0.207 e. The van der Waals surface area contributed by atoms with Gasteiger partial charge < -0.3 is 28.4 Å². The second-order valence-corrected chi connectivity index (χ2v) is 15.7. The monoisotopic (exact) mass is 794 g/mol. The molecule has 2 heterocycles. The molecule has 1 fully saturated rings. The summed E-state index contributed by atoms with van der Waals surface area (Å²) in [5.41, 5.74) is 5.22. The first-order chi connectivity index (χ1) is 28.6. The van der Waals surface area contributed by atoms with E-state index < -0.39 is 30.2 Å². The molecule has 7 aromatic rings. The van der Waals surface area contributed by atoms with Gasteiger partial charge in [0.1, 0.15) is 18.8 Å². The highest BCUT2D eigenvalue weighted by atomic mass is 32.1. The molecule has 0 unspecified atom stereocenters. The molecular weight excluding hydrogens is 748 g/mol. The van der Waals surface area contributed by atoms with Gasteiger partial charge in [-0.05, 0) is 45.8 Å². The highest BCUT2D eigenvalue weighted by Crippen LogP contribution is 2.45. The van der Waals surface area contributed by atoms with Crippen molar-refractivity contribution in [3.05, 3.63) is 202 Å². The van der Waals surface area contributed by atoms with E-state index in [0.717, 1.165) is 32.5 Å².